The molecule has 1 unspecified atom stereocenters. The van der Waals surface area contributed by atoms with E-state index >= 15 is 0 Å². The van der Waals surface area contributed by atoms with Gasteiger partial charge < -0.3 is 10.2 Å². The number of amides is 1. The van der Waals surface area contributed by atoms with E-state index in [1.807, 2.05) is 0 Å². The normalized spacial score (nSPS) is 18.5. The van der Waals surface area contributed by atoms with Crippen LogP contribution in [0.1, 0.15) is 24.0 Å². The van der Waals surface area contributed by atoms with E-state index in [-0.39, 0.29) is 30.8 Å². The topological polar surface area (TPSA) is 32.3 Å². The summed E-state index contributed by atoms with van der Waals surface area (Å²) in [5.74, 6) is -0.0887. The molecule has 0 spiro atoms. The van der Waals surface area contributed by atoms with Crippen molar-refractivity contribution in [2.75, 3.05) is 20.1 Å². The minimum atomic E-state index is -4.36. The van der Waals surface area contributed by atoms with Crippen LogP contribution in [0.2, 0.25) is 0 Å². The Morgan fingerprint density at radius 1 is 1.41 bits per heavy atom. The van der Waals surface area contributed by atoms with Crippen LogP contribution < -0.4 is 5.32 Å². The number of alkyl halides is 3. The fourth-order valence-electron chi connectivity index (χ4n) is 2.57. The van der Waals surface area contributed by atoms with Crippen LogP contribution in [0.15, 0.2) is 24.3 Å². The van der Waals surface area contributed by atoms with Gasteiger partial charge in [-0.25, -0.2) is 0 Å². The van der Waals surface area contributed by atoms with Gasteiger partial charge in [0.2, 0.25) is 5.91 Å². The summed E-state index contributed by atoms with van der Waals surface area (Å²) in [5, 5.41) is 3.17. The summed E-state index contributed by atoms with van der Waals surface area (Å²) in [6.45, 7) is 1.76. The van der Waals surface area contributed by atoms with Gasteiger partial charge in [0.05, 0.1) is 11.5 Å². The highest BCUT2D eigenvalue weighted by Crippen LogP contribution is 2.29. The summed E-state index contributed by atoms with van der Waals surface area (Å²) in [5.41, 5.74) is -0.190. The number of nitrogens with one attached hydrogen (secondary N) is 1. The van der Waals surface area contributed by atoms with Crippen LogP contribution in [0.4, 0.5) is 13.2 Å². The lowest BCUT2D eigenvalue weighted by Gasteiger charge is -2.27. The van der Waals surface area contributed by atoms with Crippen LogP contribution in [-0.4, -0.2) is 30.9 Å². The quantitative estimate of drug-likeness (QED) is 0.920. The van der Waals surface area contributed by atoms with E-state index in [4.69, 9.17) is 0 Å². The van der Waals surface area contributed by atoms with Gasteiger partial charge in [0.15, 0.2) is 0 Å². The molecule has 124 valence electrons. The van der Waals surface area contributed by atoms with Gasteiger partial charge in [0.1, 0.15) is 0 Å². The van der Waals surface area contributed by atoms with Gasteiger partial charge >= 0.3 is 6.18 Å². The number of halogens is 4. The molecule has 1 aliphatic rings. The SMILES string of the molecule is CN(Cc1cccc(C(F)(F)F)c1)C(=O)C1CCCNC1.Cl. The highest BCUT2D eigenvalue weighted by atomic mass is 35.5. The zero-order valence-corrected chi connectivity index (χ0v) is 13.1. The summed E-state index contributed by atoms with van der Waals surface area (Å²) < 4.78 is 38.0. The molecule has 1 atom stereocenters. The molecule has 0 saturated carbocycles. The van der Waals surface area contributed by atoms with Crippen LogP contribution in [0.5, 0.6) is 0 Å². The molecule has 1 aromatic carbocycles. The molecule has 22 heavy (non-hydrogen) atoms. The molecule has 0 radical (unpaired) electrons. The Kier molecular flexibility index (Phi) is 6.68. The number of hydrogen-bond acceptors (Lipinski definition) is 2. The molecule has 0 aromatic heterocycles. The number of hydrogen-bond donors (Lipinski definition) is 1. The number of carbonyl (C=O) groups excluding carboxylic acids is 1. The van der Waals surface area contributed by atoms with Crippen molar-refractivity contribution in [3.8, 4) is 0 Å². The van der Waals surface area contributed by atoms with Gasteiger partial charge in [-0.3, -0.25) is 4.79 Å². The molecule has 2 rings (SSSR count). The van der Waals surface area contributed by atoms with Gasteiger partial charge in [-0.1, -0.05) is 12.1 Å². The molecular formula is C15H20ClF3N2O. The molecule has 1 saturated heterocycles. The maximum Gasteiger partial charge on any atom is 0.416 e. The summed E-state index contributed by atoms with van der Waals surface area (Å²) in [6.07, 6.45) is -2.57. The summed E-state index contributed by atoms with van der Waals surface area (Å²) in [7, 11) is 1.64. The minimum Gasteiger partial charge on any atom is -0.341 e. The van der Waals surface area contributed by atoms with Crippen molar-refractivity contribution in [3.05, 3.63) is 35.4 Å². The Morgan fingerprint density at radius 2 is 2.14 bits per heavy atom. The van der Waals surface area contributed by atoms with E-state index in [0.29, 0.717) is 12.1 Å². The molecule has 1 N–H and O–H groups in total. The number of benzene rings is 1. The fourth-order valence-corrected chi connectivity index (χ4v) is 2.57. The Hall–Kier alpha value is -1.27. The van der Waals surface area contributed by atoms with Gasteiger partial charge in [0.25, 0.3) is 0 Å². The molecule has 7 heteroatoms. The summed E-state index contributed by atoms with van der Waals surface area (Å²) in [4.78, 5) is 13.8. The molecule has 0 bridgehead atoms. The van der Waals surface area contributed by atoms with Crippen LogP contribution in [0.25, 0.3) is 0 Å². The van der Waals surface area contributed by atoms with Crippen molar-refractivity contribution in [1.82, 2.24) is 10.2 Å². The first kappa shape index (κ1) is 18.8. The Bertz CT molecular complexity index is 502. The molecule has 1 aliphatic heterocycles. The monoisotopic (exact) mass is 336 g/mol. The number of rotatable bonds is 3. The number of nitrogens with zero attached hydrogens (tertiary/aromatic N) is 1. The van der Waals surface area contributed by atoms with Gasteiger partial charge in [-0.15, -0.1) is 12.4 Å². The maximum atomic E-state index is 12.7. The first-order valence-corrected chi connectivity index (χ1v) is 7.00. The van der Waals surface area contributed by atoms with E-state index in [9.17, 15) is 18.0 Å². The average molecular weight is 337 g/mol. The maximum absolute atomic E-state index is 12.7. The zero-order valence-electron chi connectivity index (χ0n) is 12.3. The summed E-state index contributed by atoms with van der Waals surface area (Å²) in [6, 6.07) is 5.12. The number of piperidine rings is 1. The molecule has 1 amide bonds. The van der Waals surface area contributed by atoms with Crippen molar-refractivity contribution in [1.29, 1.82) is 0 Å². The third kappa shape index (κ3) is 4.88. The predicted octanol–water partition coefficient (Wildman–Crippen LogP) is 3.09. The summed E-state index contributed by atoms with van der Waals surface area (Å²) >= 11 is 0. The van der Waals surface area contributed by atoms with Gasteiger partial charge in [-0.2, -0.15) is 13.2 Å². The van der Waals surface area contributed by atoms with Crippen molar-refractivity contribution < 1.29 is 18.0 Å². The lowest BCUT2D eigenvalue weighted by molar-refractivity contribution is -0.137. The first-order chi connectivity index (χ1) is 9.88. The van der Waals surface area contributed by atoms with E-state index in [1.165, 1.54) is 11.0 Å². The largest absolute Gasteiger partial charge is 0.416 e. The Balaban J connectivity index is 0.00000242. The highest BCUT2D eigenvalue weighted by molar-refractivity contribution is 5.85. The molecular weight excluding hydrogens is 317 g/mol. The lowest BCUT2D eigenvalue weighted by atomic mass is 9.98. The standard InChI is InChI=1S/C15H19F3N2O.ClH/c1-20(14(21)12-5-3-7-19-9-12)10-11-4-2-6-13(8-11)15(16,17)18;/h2,4,6,8,12,19H,3,5,7,9-10H2,1H3;1H. The Morgan fingerprint density at radius 3 is 2.73 bits per heavy atom. The van der Waals surface area contributed by atoms with Crippen molar-refractivity contribution >= 4 is 18.3 Å². The third-order valence-corrected chi connectivity index (χ3v) is 3.70. The third-order valence-electron chi connectivity index (χ3n) is 3.70. The second kappa shape index (κ2) is 7.83. The van der Waals surface area contributed by atoms with Crippen LogP contribution in [0, 0.1) is 5.92 Å². The van der Waals surface area contributed by atoms with Crippen LogP contribution in [-0.2, 0) is 17.5 Å². The minimum absolute atomic E-state index is 0. The molecule has 0 aliphatic carbocycles. The van der Waals surface area contributed by atoms with Gasteiger partial charge in [-0.05, 0) is 37.1 Å². The van der Waals surface area contributed by atoms with E-state index in [1.54, 1.807) is 13.1 Å². The van der Waals surface area contributed by atoms with Crippen LogP contribution >= 0.6 is 12.4 Å². The number of carbonyl (C=O) groups is 1. The second-order valence-corrected chi connectivity index (χ2v) is 5.44. The first-order valence-electron chi connectivity index (χ1n) is 7.00. The van der Waals surface area contributed by atoms with Crippen molar-refractivity contribution in [3.63, 3.8) is 0 Å². The average Bonchev–Trinajstić information content (AvgIpc) is 2.47. The smallest absolute Gasteiger partial charge is 0.341 e. The lowest BCUT2D eigenvalue weighted by Crippen LogP contribution is -2.41. The second-order valence-electron chi connectivity index (χ2n) is 5.44. The highest BCUT2D eigenvalue weighted by Gasteiger charge is 2.30. The molecule has 1 heterocycles. The van der Waals surface area contributed by atoms with Crippen molar-refractivity contribution in [2.45, 2.75) is 25.6 Å². The van der Waals surface area contributed by atoms with Crippen LogP contribution in [0.3, 0.4) is 0 Å². The zero-order chi connectivity index (χ0) is 15.5. The molecule has 1 aromatic rings. The van der Waals surface area contributed by atoms with Gasteiger partial charge in [0, 0.05) is 20.1 Å². The van der Waals surface area contributed by atoms with E-state index in [0.717, 1.165) is 31.5 Å². The van der Waals surface area contributed by atoms with Crippen molar-refractivity contribution in [2.24, 2.45) is 5.92 Å². The fraction of sp³-hybridized carbons (Fsp3) is 0.533. The van der Waals surface area contributed by atoms with E-state index in [2.05, 4.69) is 5.32 Å². The Labute approximate surface area is 134 Å². The van der Waals surface area contributed by atoms with E-state index < -0.39 is 11.7 Å². The molecule has 3 nitrogen and oxygen atoms in total. The molecule has 1 fully saturated rings. The predicted molar refractivity (Wildman–Crippen MR) is 80.8 cm³/mol.